The molecular weight excluding hydrogens is 322 g/mol. The number of hydrogen-bond donors (Lipinski definition) is 0. The van der Waals surface area contributed by atoms with Crippen molar-refractivity contribution in [3.8, 4) is 16.9 Å². The van der Waals surface area contributed by atoms with E-state index in [4.69, 9.17) is 4.74 Å². The van der Waals surface area contributed by atoms with Crippen molar-refractivity contribution >= 4 is 16.7 Å². The molecule has 2 aromatic rings. The van der Waals surface area contributed by atoms with Gasteiger partial charge in [-0.05, 0) is 30.5 Å². The lowest BCUT2D eigenvalue weighted by Gasteiger charge is -2.11. The first kappa shape index (κ1) is 16.7. The lowest BCUT2D eigenvalue weighted by atomic mass is 10.1. The Hall–Kier alpha value is -2.14. The molecule has 0 saturated carbocycles. The summed E-state index contributed by atoms with van der Waals surface area (Å²) in [4.78, 5) is 14.8. The molecule has 1 atom stereocenters. The lowest BCUT2D eigenvalue weighted by molar-refractivity contribution is -0.128. The van der Waals surface area contributed by atoms with E-state index in [9.17, 15) is 9.00 Å². The van der Waals surface area contributed by atoms with Crippen molar-refractivity contribution in [2.45, 2.75) is 29.1 Å². The van der Waals surface area contributed by atoms with Crippen LogP contribution in [0.3, 0.4) is 0 Å². The second-order valence-corrected chi connectivity index (χ2v) is 7.38. The minimum absolute atomic E-state index is 0.132. The van der Waals surface area contributed by atoms with Gasteiger partial charge in [0, 0.05) is 26.1 Å². The zero-order valence-electron chi connectivity index (χ0n) is 14.0. The minimum Gasteiger partial charge on any atom is -0.492 e. The predicted molar refractivity (Wildman–Crippen MR) is 94.6 cm³/mol. The van der Waals surface area contributed by atoms with Gasteiger partial charge in [0.2, 0.25) is 5.91 Å². The summed E-state index contributed by atoms with van der Waals surface area (Å²) in [5.41, 5.74) is 2.01. The second kappa shape index (κ2) is 7.18. The average Bonchev–Trinajstić information content (AvgIpc) is 2.88. The van der Waals surface area contributed by atoms with E-state index in [0.29, 0.717) is 18.8 Å². The van der Waals surface area contributed by atoms with Crippen LogP contribution in [0.5, 0.6) is 5.75 Å². The maximum absolute atomic E-state index is 12.7. The number of unbranched alkanes of at least 4 members (excludes halogenated alkanes) is 1. The van der Waals surface area contributed by atoms with Crippen molar-refractivity contribution in [1.29, 1.82) is 0 Å². The van der Waals surface area contributed by atoms with E-state index in [0.717, 1.165) is 33.8 Å². The molecule has 1 heterocycles. The number of nitrogens with zero attached hydrogens (tertiary/aromatic N) is 1. The summed E-state index contributed by atoms with van der Waals surface area (Å²) in [6, 6.07) is 13.6. The van der Waals surface area contributed by atoms with Crippen molar-refractivity contribution in [2.75, 3.05) is 20.7 Å². The number of hydrogen-bond acceptors (Lipinski definition) is 3. The van der Waals surface area contributed by atoms with E-state index in [1.807, 2.05) is 42.5 Å². The van der Waals surface area contributed by atoms with Crippen molar-refractivity contribution in [3.05, 3.63) is 42.5 Å². The summed E-state index contributed by atoms with van der Waals surface area (Å²) in [6.07, 6.45) is 2.11. The van der Waals surface area contributed by atoms with Gasteiger partial charge in [0.15, 0.2) is 0 Å². The summed E-state index contributed by atoms with van der Waals surface area (Å²) < 4.78 is 18.6. The molecule has 0 radical (unpaired) electrons. The molecule has 3 rings (SSSR count). The molecule has 1 amide bonds. The Kier molecular flexibility index (Phi) is 5.00. The number of rotatable bonds is 6. The minimum atomic E-state index is -1.19. The van der Waals surface area contributed by atoms with Gasteiger partial charge in [0.25, 0.3) is 0 Å². The maximum atomic E-state index is 12.7. The highest BCUT2D eigenvalue weighted by atomic mass is 32.2. The zero-order valence-corrected chi connectivity index (χ0v) is 14.8. The van der Waals surface area contributed by atoms with Crippen molar-refractivity contribution in [2.24, 2.45) is 0 Å². The SMILES string of the molecule is CN(C)C(=O)CCCCOc1cccc2c1S(=O)c1ccccc1-2. The largest absolute Gasteiger partial charge is 0.492 e. The van der Waals surface area contributed by atoms with Gasteiger partial charge in [0.1, 0.15) is 5.75 Å². The average molecular weight is 343 g/mol. The van der Waals surface area contributed by atoms with Gasteiger partial charge < -0.3 is 9.64 Å². The molecule has 0 aliphatic carbocycles. The quantitative estimate of drug-likeness (QED) is 0.644. The Bertz CT molecular complexity index is 786. The van der Waals surface area contributed by atoms with E-state index in [1.165, 1.54) is 0 Å². The summed E-state index contributed by atoms with van der Waals surface area (Å²) in [5, 5.41) is 0. The Labute approximate surface area is 144 Å². The number of ether oxygens (including phenoxy) is 1. The zero-order chi connectivity index (χ0) is 17.1. The van der Waals surface area contributed by atoms with E-state index in [2.05, 4.69) is 0 Å². The van der Waals surface area contributed by atoms with Crippen LogP contribution in [0, 0.1) is 0 Å². The van der Waals surface area contributed by atoms with Crippen LogP contribution in [-0.2, 0) is 15.6 Å². The van der Waals surface area contributed by atoms with Crippen LogP contribution in [0.25, 0.3) is 11.1 Å². The topological polar surface area (TPSA) is 46.6 Å². The molecule has 1 aliphatic heterocycles. The predicted octanol–water partition coefficient (Wildman–Crippen LogP) is 3.47. The van der Waals surface area contributed by atoms with Crippen molar-refractivity contribution in [1.82, 2.24) is 4.90 Å². The molecule has 0 spiro atoms. The Morgan fingerprint density at radius 2 is 1.79 bits per heavy atom. The first-order chi connectivity index (χ1) is 11.6. The first-order valence-electron chi connectivity index (χ1n) is 8.06. The maximum Gasteiger partial charge on any atom is 0.222 e. The highest BCUT2D eigenvalue weighted by Crippen LogP contribution is 2.44. The Morgan fingerprint density at radius 1 is 1.04 bits per heavy atom. The van der Waals surface area contributed by atoms with E-state index >= 15 is 0 Å². The van der Waals surface area contributed by atoms with Gasteiger partial charge in [-0.2, -0.15) is 0 Å². The normalized spacial score (nSPS) is 14.8. The molecule has 126 valence electrons. The summed E-state index contributed by atoms with van der Waals surface area (Å²) in [6.45, 7) is 0.519. The molecule has 2 aromatic carbocycles. The van der Waals surface area contributed by atoms with Gasteiger partial charge in [-0.15, -0.1) is 0 Å². The third kappa shape index (κ3) is 3.22. The van der Waals surface area contributed by atoms with Crippen molar-refractivity contribution in [3.63, 3.8) is 0 Å². The number of carbonyl (C=O) groups excluding carboxylic acids is 1. The van der Waals surface area contributed by atoms with Crippen LogP contribution in [0.1, 0.15) is 19.3 Å². The lowest BCUT2D eigenvalue weighted by Crippen LogP contribution is -2.21. The third-order valence-corrected chi connectivity index (χ3v) is 5.63. The molecule has 24 heavy (non-hydrogen) atoms. The van der Waals surface area contributed by atoms with Gasteiger partial charge >= 0.3 is 0 Å². The van der Waals surface area contributed by atoms with E-state index in [1.54, 1.807) is 19.0 Å². The van der Waals surface area contributed by atoms with Gasteiger partial charge in [0.05, 0.1) is 27.2 Å². The molecule has 0 N–H and O–H groups in total. The fourth-order valence-corrected chi connectivity index (χ4v) is 4.26. The highest BCUT2D eigenvalue weighted by Gasteiger charge is 2.28. The van der Waals surface area contributed by atoms with Crippen LogP contribution in [0.4, 0.5) is 0 Å². The smallest absolute Gasteiger partial charge is 0.222 e. The van der Waals surface area contributed by atoms with Crippen molar-refractivity contribution < 1.29 is 13.7 Å². The molecule has 0 bridgehead atoms. The van der Waals surface area contributed by atoms with Gasteiger partial charge in [-0.1, -0.05) is 30.3 Å². The third-order valence-electron chi connectivity index (χ3n) is 4.08. The summed E-state index contributed by atoms with van der Waals surface area (Å²) >= 11 is 0. The Morgan fingerprint density at radius 3 is 2.58 bits per heavy atom. The standard InChI is InChI=1S/C19H21NO3S/c1-20(2)18(21)12-5-6-13-23-16-10-7-9-15-14-8-3-4-11-17(14)24(22)19(15)16/h3-4,7-11H,5-6,12-13H2,1-2H3. The van der Waals surface area contributed by atoms with Crippen LogP contribution >= 0.6 is 0 Å². The summed E-state index contributed by atoms with van der Waals surface area (Å²) in [7, 11) is 2.34. The van der Waals surface area contributed by atoms with Crippen LogP contribution in [-0.4, -0.2) is 35.7 Å². The monoisotopic (exact) mass is 343 g/mol. The molecule has 0 saturated heterocycles. The first-order valence-corrected chi connectivity index (χ1v) is 9.21. The van der Waals surface area contributed by atoms with Gasteiger partial charge in [-0.3, -0.25) is 4.79 Å². The molecule has 5 heteroatoms. The van der Waals surface area contributed by atoms with Crippen LogP contribution in [0.15, 0.2) is 52.3 Å². The van der Waals surface area contributed by atoms with E-state index < -0.39 is 10.8 Å². The van der Waals surface area contributed by atoms with Gasteiger partial charge in [-0.25, -0.2) is 4.21 Å². The fourth-order valence-electron chi connectivity index (χ4n) is 2.78. The molecule has 1 unspecified atom stereocenters. The number of amides is 1. The number of benzene rings is 2. The fraction of sp³-hybridized carbons (Fsp3) is 0.316. The van der Waals surface area contributed by atoms with Crippen LogP contribution in [0.2, 0.25) is 0 Å². The second-order valence-electron chi connectivity index (χ2n) is 5.99. The number of carbonyl (C=O) groups is 1. The molecule has 4 nitrogen and oxygen atoms in total. The molecular formula is C19H21NO3S. The highest BCUT2D eigenvalue weighted by molar-refractivity contribution is 7.86. The molecule has 0 fully saturated rings. The number of fused-ring (bicyclic) bond motifs is 3. The van der Waals surface area contributed by atoms with Crippen LogP contribution < -0.4 is 4.74 Å². The van der Waals surface area contributed by atoms with E-state index in [-0.39, 0.29) is 5.91 Å². The Balaban J connectivity index is 1.65. The summed E-state index contributed by atoms with van der Waals surface area (Å²) in [5.74, 6) is 0.813. The molecule has 1 aliphatic rings. The molecule has 0 aromatic heterocycles.